The molecule has 1 aliphatic rings. The van der Waals surface area contributed by atoms with Crippen LogP contribution in [-0.2, 0) is 22.7 Å². The van der Waals surface area contributed by atoms with E-state index in [0.29, 0.717) is 44.4 Å². The minimum atomic E-state index is -4.99. The van der Waals surface area contributed by atoms with Crippen molar-refractivity contribution >= 4 is 5.91 Å². The third kappa shape index (κ3) is 6.55. The maximum Gasteiger partial charge on any atom is 0.416 e. The number of carbonyl (C=O) groups excluding carboxylic acids is 1. The van der Waals surface area contributed by atoms with E-state index < -0.39 is 40.8 Å². The smallest absolute Gasteiger partial charge is 0.395 e. The number of benzene rings is 2. The van der Waals surface area contributed by atoms with Gasteiger partial charge in [-0.2, -0.15) is 26.3 Å². The van der Waals surface area contributed by atoms with Crippen LogP contribution in [0.3, 0.4) is 0 Å². The Bertz CT molecular complexity index is 967. The number of rotatable bonds is 7. The van der Waals surface area contributed by atoms with E-state index in [1.807, 2.05) is 30.3 Å². The summed E-state index contributed by atoms with van der Waals surface area (Å²) in [7, 11) is 0. The molecule has 10 heteroatoms. The second-order valence-electron chi connectivity index (χ2n) is 8.95. The molecule has 0 heterocycles. The molecule has 2 aromatic carbocycles. The first-order valence-electron chi connectivity index (χ1n) is 11.4. The number of aliphatic hydroxyl groups is 1. The van der Waals surface area contributed by atoms with Crippen LogP contribution in [0.2, 0.25) is 0 Å². The van der Waals surface area contributed by atoms with Crippen molar-refractivity contribution in [3.63, 3.8) is 0 Å². The zero-order valence-electron chi connectivity index (χ0n) is 19.1. The first kappa shape index (κ1) is 27.0. The van der Waals surface area contributed by atoms with Gasteiger partial charge in [0.05, 0.1) is 29.2 Å². The highest BCUT2D eigenvalue weighted by molar-refractivity contribution is 5.84. The van der Waals surface area contributed by atoms with Crippen molar-refractivity contribution in [2.75, 3.05) is 13.2 Å². The fraction of sp³-hybridized carbons (Fsp3) is 0.480. The lowest BCUT2D eigenvalue weighted by Gasteiger charge is -2.42. The van der Waals surface area contributed by atoms with Gasteiger partial charge in [0.15, 0.2) is 0 Å². The zero-order valence-corrected chi connectivity index (χ0v) is 19.1. The van der Waals surface area contributed by atoms with Crippen molar-refractivity contribution in [2.45, 2.75) is 62.5 Å². The quantitative estimate of drug-likeness (QED) is 0.447. The van der Waals surface area contributed by atoms with Gasteiger partial charge in [0.1, 0.15) is 0 Å². The monoisotopic (exact) mass is 502 g/mol. The molecular formula is C25H28F6N2O2. The van der Waals surface area contributed by atoms with Gasteiger partial charge in [-0.25, -0.2) is 0 Å². The molecule has 0 aromatic heterocycles. The maximum atomic E-state index is 13.3. The number of alkyl halides is 6. The Morgan fingerprint density at radius 2 is 1.54 bits per heavy atom. The van der Waals surface area contributed by atoms with Crippen LogP contribution < -0.4 is 10.6 Å². The highest BCUT2D eigenvalue weighted by Gasteiger charge is 2.41. The number of nitrogens with one attached hydrogen (secondary N) is 2. The van der Waals surface area contributed by atoms with Crippen molar-refractivity contribution < 1.29 is 36.2 Å². The minimum absolute atomic E-state index is 0.00845. The standard InChI is InChI=1S/C25H28F6N2O2/c1-16(17-13-19(24(26,27)28)15-20(14-17)25(29,30)31)22(35)33-23(18-5-3-2-4-6-18)9-7-21(8-10-23)32-11-12-34/h2-6,13-16,21,32,34H,7-12H2,1H3,(H,33,35). The lowest BCUT2D eigenvalue weighted by Crippen LogP contribution is -2.51. The van der Waals surface area contributed by atoms with Gasteiger partial charge in [0, 0.05) is 12.6 Å². The number of aliphatic hydroxyl groups excluding tert-OH is 1. The normalized spacial score (nSPS) is 22.0. The molecule has 0 aliphatic heterocycles. The second kappa shape index (κ2) is 10.6. The molecule has 1 aliphatic carbocycles. The molecule has 3 rings (SSSR count). The zero-order chi connectivity index (χ0) is 25.9. The van der Waals surface area contributed by atoms with Gasteiger partial charge in [-0.3, -0.25) is 4.79 Å². The Morgan fingerprint density at radius 3 is 2.03 bits per heavy atom. The predicted molar refractivity (Wildman–Crippen MR) is 118 cm³/mol. The Morgan fingerprint density at radius 1 is 1.00 bits per heavy atom. The molecular weight excluding hydrogens is 474 g/mol. The van der Waals surface area contributed by atoms with Gasteiger partial charge >= 0.3 is 12.4 Å². The summed E-state index contributed by atoms with van der Waals surface area (Å²) in [4.78, 5) is 13.2. The molecule has 2 aromatic rings. The van der Waals surface area contributed by atoms with Crippen LogP contribution in [0.25, 0.3) is 0 Å². The van der Waals surface area contributed by atoms with Gasteiger partial charge in [0.2, 0.25) is 5.91 Å². The van der Waals surface area contributed by atoms with Crippen LogP contribution in [0.1, 0.15) is 60.8 Å². The average molecular weight is 502 g/mol. The first-order chi connectivity index (χ1) is 16.4. The van der Waals surface area contributed by atoms with Crippen LogP contribution >= 0.6 is 0 Å². The lowest BCUT2D eigenvalue weighted by molar-refractivity contribution is -0.143. The second-order valence-corrected chi connectivity index (χ2v) is 8.95. The van der Waals surface area contributed by atoms with Gasteiger partial charge < -0.3 is 15.7 Å². The van der Waals surface area contributed by atoms with Crippen molar-refractivity contribution in [1.82, 2.24) is 10.6 Å². The number of halogens is 6. The summed E-state index contributed by atoms with van der Waals surface area (Å²) in [6, 6.07) is 10.5. The summed E-state index contributed by atoms with van der Waals surface area (Å²) in [5.41, 5.74) is -3.24. The molecule has 0 spiro atoms. The Balaban J connectivity index is 1.90. The SMILES string of the molecule is CC(C(=O)NC1(c2ccccc2)CCC(NCCO)CC1)c1cc(C(F)(F)F)cc(C(F)(F)F)c1. The third-order valence-corrected chi connectivity index (χ3v) is 6.58. The summed E-state index contributed by atoms with van der Waals surface area (Å²) in [5.74, 6) is -1.90. The van der Waals surface area contributed by atoms with Crippen molar-refractivity contribution in [3.8, 4) is 0 Å². The van der Waals surface area contributed by atoms with E-state index in [2.05, 4.69) is 10.6 Å². The highest BCUT2D eigenvalue weighted by atomic mass is 19.4. The molecule has 0 saturated heterocycles. The average Bonchev–Trinajstić information content (AvgIpc) is 2.82. The van der Waals surface area contributed by atoms with E-state index >= 15 is 0 Å². The molecule has 0 bridgehead atoms. The van der Waals surface area contributed by atoms with Gasteiger partial charge in [-0.05, 0) is 61.9 Å². The van der Waals surface area contributed by atoms with Gasteiger partial charge in [-0.1, -0.05) is 30.3 Å². The maximum absolute atomic E-state index is 13.3. The number of amides is 1. The van der Waals surface area contributed by atoms with E-state index in [1.165, 1.54) is 6.92 Å². The van der Waals surface area contributed by atoms with Crippen molar-refractivity contribution in [2.24, 2.45) is 0 Å². The molecule has 1 atom stereocenters. The van der Waals surface area contributed by atoms with E-state index in [1.54, 1.807) is 0 Å². The highest BCUT2D eigenvalue weighted by Crippen LogP contribution is 2.40. The largest absolute Gasteiger partial charge is 0.416 e. The molecule has 0 radical (unpaired) electrons. The minimum Gasteiger partial charge on any atom is -0.395 e. The van der Waals surface area contributed by atoms with Crippen LogP contribution in [0.4, 0.5) is 26.3 Å². The molecule has 4 nitrogen and oxygen atoms in total. The van der Waals surface area contributed by atoms with E-state index in [9.17, 15) is 31.1 Å². The topological polar surface area (TPSA) is 61.4 Å². The van der Waals surface area contributed by atoms with Gasteiger partial charge in [0.25, 0.3) is 0 Å². The Kier molecular flexibility index (Phi) is 8.16. The molecule has 3 N–H and O–H groups in total. The molecule has 1 amide bonds. The number of hydrogen-bond acceptors (Lipinski definition) is 3. The molecule has 1 saturated carbocycles. The lowest BCUT2D eigenvalue weighted by atomic mass is 9.74. The third-order valence-electron chi connectivity index (χ3n) is 6.58. The summed E-state index contributed by atoms with van der Waals surface area (Å²) in [6.07, 6.45) is -7.59. The van der Waals surface area contributed by atoms with E-state index in [4.69, 9.17) is 5.11 Å². The first-order valence-corrected chi connectivity index (χ1v) is 11.4. The van der Waals surface area contributed by atoms with Crippen LogP contribution in [-0.4, -0.2) is 30.2 Å². The van der Waals surface area contributed by atoms with E-state index in [0.717, 1.165) is 5.56 Å². The van der Waals surface area contributed by atoms with Crippen LogP contribution in [0.5, 0.6) is 0 Å². The molecule has 1 unspecified atom stereocenters. The van der Waals surface area contributed by atoms with Crippen LogP contribution in [0, 0.1) is 0 Å². The summed E-state index contributed by atoms with van der Waals surface area (Å²) >= 11 is 0. The molecule has 192 valence electrons. The Labute approximate surface area is 199 Å². The van der Waals surface area contributed by atoms with Crippen molar-refractivity contribution in [3.05, 3.63) is 70.8 Å². The summed E-state index contributed by atoms with van der Waals surface area (Å²) < 4.78 is 79.7. The summed E-state index contributed by atoms with van der Waals surface area (Å²) in [6.45, 7) is 1.73. The molecule has 1 fully saturated rings. The van der Waals surface area contributed by atoms with E-state index in [-0.39, 0.29) is 24.3 Å². The van der Waals surface area contributed by atoms with Crippen molar-refractivity contribution in [1.29, 1.82) is 0 Å². The fourth-order valence-electron chi connectivity index (χ4n) is 4.55. The van der Waals surface area contributed by atoms with Gasteiger partial charge in [-0.15, -0.1) is 0 Å². The number of hydrogen-bond donors (Lipinski definition) is 3. The van der Waals surface area contributed by atoms with Crippen LogP contribution in [0.15, 0.2) is 48.5 Å². The molecule has 35 heavy (non-hydrogen) atoms. The summed E-state index contributed by atoms with van der Waals surface area (Å²) in [5, 5.41) is 15.2. The number of carbonyl (C=O) groups is 1. The Hall–Kier alpha value is -2.59. The fourth-order valence-corrected chi connectivity index (χ4v) is 4.55. The predicted octanol–water partition coefficient (Wildman–Crippen LogP) is 5.36.